The number of anilines is 1. The van der Waals surface area contributed by atoms with E-state index in [1.165, 1.54) is 28.6 Å². The number of hydrogen-bond acceptors (Lipinski definition) is 6. The Morgan fingerprint density at radius 2 is 1.67 bits per heavy atom. The third kappa shape index (κ3) is 6.36. The van der Waals surface area contributed by atoms with Crippen LogP contribution in [0.4, 0.5) is 5.69 Å². The van der Waals surface area contributed by atoms with Crippen molar-refractivity contribution in [2.24, 2.45) is 0 Å². The first-order chi connectivity index (χ1) is 15.8. The molecule has 1 aromatic heterocycles. The topological polar surface area (TPSA) is 106 Å². The lowest BCUT2D eigenvalue weighted by Crippen LogP contribution is -2.30. The van der Waals surface area contributed by atoms with Crippen LogP contribution in [0.15, 0.2) is 65.6 Å². The molecule has 0 atom stereocenters. The zero-order valence-electron chi connectivity index (χ0n) is 18.7. The van der Waals surface area contributed by atoms with E-state index in [0.717, 1.165) is 16.6 Å². The zero-order valence-corrected chi connectivity index (χ0v) is 19.5. The van der Waals surface area contributed by atoms with Crippen molar-refractivity contribution < 1.29 is 22.7 Å². The van der Waals surface area contributed by atoms with Crippen LogP contribution in [0.25, 0.3) is 10.9 Å². The van der Waals surface area contributed by atoms with Gasteiger partial charge in [-0.05, 0) is 36.4 Å². The van der Waals surface area contributed by atoms with Crippen molar-refractivity contribution in [3.8, 4) is 0 Å². The number of benzene rings is 2. The minimum Gasteiger partial charge on any atom is -0.456 e. The van der Waals surface area contributed by atoms with Crippen LogP contribution in [0.5, 0.6) is 0 Å². The van der Waals surface area contributed by atoms with Crippen LogP contribution in [-0.4, -0.2) is 49.3 Å². The molecule has 0 spiro atoms. The number of sulfonamides is 1. The normalized spacial score (nSPS) is 11.5. The predicted molar refractivity (Wildman–Crippen MR) is 126 cm³/mol. The summed E-state index contributed by atoms with van der Waals surface area (Å²) in [7, 11) is -3.56. The minimum absolute atomic E-state index is 0.108. The molecule has 0 saturated heterocycles. The van der Waals surface area contributed by atoms with Crippen molar-refractivity contribution in [2.45, 2.75) is 31.6 Å². The summed E-state index contributed by atoms with van der Waals surface area (Å²) in [5, 5.41) is 3.62. The number of carbonyl (C=O) groups excluding carboxylic acids is 2. The molecule has 8 nitrogen and oxygen atoms in total. The standard InChI is InChI=1S/C24H27N3O5S/c1-3-27(4-2)33(30,31)21-14-11-20(12-15-21)26-23(28)17-32-24(29)16-13-19-10-9-18-7-5-6-8-22(18)25-19/h5-12,14-15H,3-4,13,16-17H2,1-2H3,(H,26,28). The summed E-state index contributed by atoms with van der Waals surface area (Å²) < 4.78 is 31.4. The summed E-state index contributed by atoms with van der Waals surface area (Å²) in [5.41, 5.74) is 2.04. The van der Waals surface area contributed by atoms with Crippen molar-refractivity contribution in [3.05, 3.63) is 66.4 Å². The lowest BCUT2D eigenvalue weighted by Gasteiger charge is -2.18. The number of carbonyl (C=O) groups is 2. The van der Waals surface area contributed by atoms with Crippen LogP contribution < -0.4 is 5.32 Å². The molecule has 3 rings (SSSR count). The number of nitrogens with zero attached hydrogens (tertiary/aromatic N) is 2. The number of aryl methyl sites for hydroxylation is 1. The maximum atomic E-state index is 12.5. The SMILES string of the molecule is CCN(CC)S(=O)(=O)c1ccc(NC(=O)COC(=O)CCc2ccc3ccccc3n2)cc1. The Morgan fingerprint density at radius 3 is 2.36 bits per heavy atom. The first-order valence-electron chi connectivity index (χ1n) is 10.7. The van der Waals surface area contributed by atoms with E-state index in [2.05, 4.69) is 10.3 Å². The van der Waals surface area contributed by atoms with E-state index in [1.54, 1.807) is 13.8 Å². The molecule has 1 heterocycles. The molecule has 0 aliphatic rings. The number of fused-ring (bicyclic) bond motifs is 1. The summed E-state index contributed by atoms with van der Waals surface area (Å²) in [6, 6.07) is 17.4. The maximum absolute atomic E-state index is 12.5. The summed E-state index contributed by atoms with van der Waals surface area (Å²) in [6.07, 6.45) is 0.518. The fourth-order valence-electron chi connectivity index (χ4n) is 3.32. The van der Waals surface area contributed by atoms with E-state index < -0.39 is 28.5 Å². The summed E-state index contributed by atoms with van der Waals surface area (Å²) in [5.74, 6) is -1.01. The second kappa shape index (κ2) is 11.0. The second-order valence-corrected chi connectivity index (χ2v) is 9.26. The highest BCUT2D eigenvalue weighted by Gasteiger charge is 2.21. The largest absolute Gasteiger partial charge is 0.456 e. The van der Waals surface area contributed by atoms with Crippen molar-refractivity contribution >= 4 is 38.5 Å². The third-order valence-electron chi connectivity index (χ3n) is 5.09. The van der Waals surface area contributed by atoms with Crippen LogP contribution in [0.2, 0.25) is 0 Å². The molecule has 1 N–H and O–H groups in total. The first kappa shape index (κ1) is 24.3. The molecule has 33 heavy (non-hydrogen) atoms. The predicted octanol–water partition coefficient (Wildman–Crippen LogP) is 3.38. The van der Waals surface area contributed by atoms with Crippen LogP contribution in [0.3, 0.4) is 0 Å². The Hall–Kier alpha value is -3.30. The quantitative estimate of drug-likeness (QED) is 0.457. The summed E-state index contributed by atoms with van der Waals surface area (Å²) >= 11 is 0. The van der Waals surface area contributed by atoms with Gasteiger partial charge < -0.3 is 10.1 Å². The molecule has 174 valence electrons. The van der Waals surface area contributed by atoms with Gasteiger partial charge in [-0.15, -0.1) is 0 Å². The monoisotopic (exact) mass is 469 g/mol. The van der Waals surface area contributed by atoms with E-state index in [9.17, 15) is 18.0 Å². The van der Waals surface area contributed by atoms with Gasteiger partial charge in [-0.25, -0.2) is 8.42 Å². The van der Waals surface area contributed by atoms with Gasteiger partial charge in [0.2, 0.25) is 10.0 Å². The van der Waals surface area contributed by atoms with Gasteiger partial charge in [0.25, 0.3) is 5.91 Å². The van der Waals surface area contributed by atoms with E-state index in [4.69, 9.17) is 4.74 Å². The molecule has 0 fully saturated rings. The molecule has 0 aliphatic heterocycles. The average molecular weight is 470 g/mol. The highest BCUT2D eigenvalue weighted by Crippen LogP contribution is 2.18. The molecule has 1 amide bonds. The first-order valence-corrected chi connectivity index (χ1v) is 12.2. The maximum Gasteiger partial charge on any atom is 0.306 e. The van der Waals surface area contributed by atoms with Crippen LogP contribution in [0, 0.1) is 0 Å². The number of aromatic nitrogens is 1. The lowest BCUT2D eigenvalue weighted by atomic mass is 10.1. The van der Waals surface area contributed by atoms with Gasteiger partial charge in [0.15, 0.2) is 6.61 Å². The molecule has 0 radical (unpaired) electrons. The van der Waals surface area contributed by atoms with Crippen LogP contribution >= 0.6 is 0 Å². The van der Waals surface area contributed by atoms with E-state index in [1.807, 2.05) is 36.4 Å². The minimum atomic E-state index is -3.56. The molecule has 0 unspecified atom stereocenters. The lowest BCUT2D eigenvalue weighted by molar-refractivity contribution is -0.147. The van der Waals surface area contributed by atoms with E-state index in [0.29, 0.717) is 25.2 Å². The number of rotatable bonds is 10. The molecule has 9 heteroatoms. The molecule has 0 saturated carbocycles. The van der Waals surface area contributed by atoms with E-state index in [-0.39, 0.29) is 11.3 Å². The highest BCUT2D eigenvalue weighted by molar-refractivity contribution is 7.89. The molecule has 3 aromatic rings. The summed E-state index contributed by atoms with van der Waals surface area (Å²) in [4.78, 5) is 28.8. The molecular weight excluding hydrogens is 442 g/mol. The number of amides is 1. The highest BCUT2D eigenvalue weighted by atomic mass is 32.2. The Morgan fingerprint density at radius 1 is 0.970 bits per heavy atom. The van der Waals surface area contributed by atoms with Gasteiger partial charge >= 0.3 is 5.97 Å². The third-order valence-corrected chi connectivity index (χ3v) is 7.15. The number of pyridine rings is 1. The smallest absolute Gasteiger partial charge is 0.306 e. The second-order valence-electron chi connectivity index (χ2n) is 7.32. The fraction of sp³-hybridized carbons (Fsp3) is 0.292. The van der Waals surface area contributed by atoms with Crippen LogP contribution in [-0.2, 0) is 30.8 Å². The van der Waals surface area contributed by atoms with Crippen LogP contribution in [0.1, 0.15) is 26.0 Å². The van der Waals surface area contributed by atoms with Gasteiger partial charge in [-0.1, -0.05) is 38.1 Å². The molecule has 2 aromatic carbocycles. The molecule has 0 aliphatic carbocycles. The van der Waals surface area contributed by atoms with Gasteiger partial charge in [-0.3, -0.25) is 14.6 Å². The molecule has 0 bridgehead atoms. The number of esters is 1. The van der Waals surface area contributed by atoms with Crippen molar-refractivity contribution in [1.29, 1.82) is 0 Å². The fourth-order valence-corrected chi connectivity index (χ4v) is 4.77. The number of nitrogens with one attached hydrogen (secondary N) is 1. The zero-order chi connectivity index (χ0) is 23.8. The van der Waals surface area contributed by atoms with Gasteiger partial charge in [0.1, 0.15) is 0 Å². The average Bonchev–Trinajstić information content (AvgIpc) is 2.82. The Kier molecular flexibility index (Phi) is 8.13. The van der Waals surface area contributed by atoms with Gasteiger partial charge in [0.05, 0.1) is 16.8 Å². The van der Waals surface area contributed by atoms with Crippen molar-refractivity contribution in [1.82, 2.24) is 9.29 Å². The van der Waals surface area contributed by atoms with E-state index >= 15 is 0 Å². The van der Waals surface area contributed by atoms with Gasteiger partial charge in [0, 0.05) is 36.3 Å². The Bertz CT molecular complexity index is 1220. The van der Waals surface area contributed by atoms with Crippen molar-refractivity contribution in [3.63, 3.8) is 0 Å². The Labute approximate surface area is 193 Å². The number of para-hydroxylation sites is 1. The van der Waals surface area contributed by atoms with Gasteiger partial charge in [-0.2, -0.15) is 4.31 Å². The number of ether oxygens (including phenoxy) is 1. The number of hydrogen-bond donors (Lipinski definition) is 1. The Balaban J connectivity index is 1.47. The van der Waals surface area contributed by atoms with Crippen molar-refractivity contribution in [2.75, 3.05) is 25.0 Å². The molecular formula is C24H27N3O5S. The summed E-state index contributed by atoms with van der Waals surface area (Å²) in [6.45, 7) is 3.87.